The Labute approximate surface area is 411 Å². The minimum absolute atomic E-state index is 0.604. The van der Waals surface area contributed by atoms with Crippen molar-refractivity contribution < 1.29 is 0 Å². The fraction of sp³-hybridized carbons (Fsp3) is 0. The van der Waals surface area contributed by atoms with Crippen LogP contribution in [0.4, 0.5) is 0 Å². The Hall–Kier alpha value is -9.23. The lowest BCUT2D eigenvalue weighted by Crippen LogP contribution is -2.02. The normalized spacial score (nSPS) is 11.9. The van der Waals surface area contributed by atoms with Crippen LogP contribution in [0, 0.1) is 0 Å². The molecule has 0 aliphatic heterocycles. The van der Waals surface area contributed by atoms with Crippen molar-refractivity contribution >= 4 is 96.7 Å². The van der Waals surface area contributed by atoms with Crippen LogP contribution in [-0.4, -0.2) is 24.1 Å². The van der Waals surface area contributed by atoms with Crippen molar-refractivity contribution in [3.05, 3.63) is 237 Å². The van der Waals surface area contributed by atoms with Crippen LogP contribution in [0.3, 0.4) is 0 Å². The van der Waals surface area contributed by atoms with E-state index in [1.165, 1.54) is 52.5 Å². The van der Waals surface area contributed by atoms with Crippen LogP contribution in [0.25, 0.3) is 142 Å². The molecule has 71 heavy (non-hydrogen) atoms. The molecule has 0 amide bonds. The molecule has 11 aromatic carbocycles. The lowest BCUT2D eigenvalue weighted by atomic mass is 9.95. The smallest absolute Gasteiger partial charge is 0.164 e. The SMILES string of the molecule is c1ccc(-c2nc(-c3ccc(-n4c5ccccc5c5cc6ccccc6cc54)c(-c4cccc5sc6cc7ccccc7cc6c45)c3)nc(-c3cccc4c3c3ccccc3n4-c3ccccc3)n2)cc1. The van der Waals surface area contributed by atoms with E-state index in [0.29, 0.717) is 17.5 Å². The number of rotatable bonds is 6. The molecular weight excluding hydrogens is 883 g/mol. The highest BCUT2D eigenvalue weighted by Crippen LogP contribution is 2.46. The Morgan fingerprint density at radius 2 is 0.873 bits per heavy atom. The average Bonchev–Trinajstić information content (AvgIpc) is 4.09. The molecule has 0 unspecified atom stereocenters. The van der Waals surface area contributed by atoms with Crippen LogP contribution in [0.5, 0.6) is 0 Å². The van der Waals surface area contributed by atoms with Crippen LogP contribution in [-0.2, 0) is 0 Å². The number of fused-ring (bicyclic) bond motifs is 11. The Balaban J connectivity index is 1.03. The van der Waals surface area contributed by atoms with Crippen LogP contribution in [0.2, 0.25) is 0 Å². The first-order valence-corrected chi connectivity index (χ1v) is 24.8. The van der Waals surface area contributed by atoms with E-state index in [4.69, 9.17) is 15.0 Å². The molecule has 0 fully saturated rings. The molecule has 4 heterocycles. The first kappa shape index (κ1) is 39.7. The Bertz CT molecular complexity index is 4640. The van der Waals surface area contributed by atoms with E-state index < -0.39 is 0 Å². The van der Waals surface area contributed by atoms with Gasteiger partial charge in [-0.2, -0.15) is 0 Å². The molecular formula is C65H39N5S. The molecule has 0 aliphatic rings. The summed E-state index contributed by atoms with van der Waals surface area (Å²) in [6.07, 6.45) is 0. The number of aromatic nitrogens is 5. The maximum absolute atomic E-state index is 5.50. The van der Waals surface area contributed by atoms with E-state index in [1.807, 2.05) is 29.5 Å². The number of hydrogen-bond donors (Lipinski definition) is 0. The molecule has 0 N–H and O–H groups in total. The number of thiophene rings is 1. The van der Waals surface area contributed by atoms with Gasteiger partial charge in [0.15, 0.2) is 17.5 Å². The predicted molar refractivity (Wildman–Crippen MR) is 298 cm³/mol. The van der Waals surface area contributed by atoms with E-state index in [9.17, 15) is 0 Å². The lowest BCUT2D eigenvalue weighted by Gasteiger charge is -2.17. The maximum Gasteiger partial charge on any atom is 0.164 e. The van der Waals surface area contributed by atoms with Gasteiger partial charge in [0.2, 0.25) is 0 Å². The molecule has 5 nitrogen and oxygen atoms in total. The fourth-order valence-electron chi connectivity index (χ4n) is 11.1. The quantitative estimate of drug-likeness (QED) is 0.167. The van der Waals surface area contributed by atoms with E-state index >= 15 is 0 Å². The molecule has 15 rings (SSSR count). The maximum atomic E-state index is 5.50. The van der Waals surface area contributed by atoms with Crippen molar-refractivity contribution in [3.8, 4) is 56.7 Å². The third-order valence-corrected chi connectivity index (χ3v) is 15.4. The zero-order chi connectivity index (χ0) is 46.6. The predicted octanol–water partition coefficient (Wildman–Crippen LogP) is 17.4. The van der Waals surface area contributed by atoms with Gasteiger partial charge in [0.25, 0.3) is 0 Å². The third kappa shape index (κ3) is 6.22. The molecule has 0 spiro atoms. The van der Waals surface area contributed by atoms with Gasteiger partial charge in [-0.3, -0.25) is 0 Å². The van der Waals surface area contributed by atoms with Crippen LogP contribution in [0.15, 0.2) is 237 Å². The Morgan fingerprint density at radius 3 is 1.65 bits per heavy atom. The monoisotopic (exact) mass is 921 g/mol. The summed E-state index contributed by atoms with van der Waals surface area (Å²) in [7, 11) is 0. The van der Waals surface area contributed by atoms with Gasteiger partial charge in [-0.25, -0.2) is 15.0 Å². The molecule has 0 saturated carbocycles. The van der Waals surface area contributed by atoms with Crippen molar-refractivity contribution in [2.45, 2.75) is 0 Å². The molecule has 15 aromatic rings. The number of benzene rings is 11. The molecule has 0 bridgehead atoms. The molecule has 0 radical (unpaired) electrons. The van der Waals surface area contributed by atoms with Gasteiger partial charge in [-0.05, 0) is 106 Å². The summed E-state index contributed by atoms with van der Waals surface area (Å²) in [6, 6.07) is 85.2. The summed E-state index contributed by atoms with van der Waals surface area (Å²) in [4.78, 5) is 16.2. The fourth-order valence-corrected chi connectivity index (χ4v) is 12.3. The van der Waals surface area contributed by atoms with Crippen molar-refractivity contribution in [1.29, 1.82) is 0 Å². The second-order valence-electron chi connectivity index (χ2n) is 18.3. The zero-order valence-corrected chi connectivity index (χ0v) is 39.0. The minimum Gasteiger partial charge on any atom is -0.309 e. The van der Waals surface area contributed by atoms with Gasteiger partial charge in [0.1, 0.15) is 0 Å². The van der Waals surface area contributed by atoms with Crippen LogP contribution < -0.4 is 0 Å². The molecule has 330 valence electrons. The van der Waals surface area contributed by atoms with Gasteiger partial charge in [0.05, 0.1) is 27.8 Å². The summed E-state index contributed by atoms with van der Waals surface area (Å²) >= 11 is 1.86. The average molecular weight is 922 g/mol. The summed E-state index contributed by atoms with van der Waals surface area (Å²) in [5.41, 5.74) is 11.7. The molecule has 0 saturated heterocycles. The zero-order valence-electron chi connectivity index (χ0n) is 38.2. The highest BCUT2D eigenvalue weighted by atomic mass is 32.1. The van der Waals surface area contributed by atoms with Gasteiger partial charge in [-0.15, -0.1) is 11.3 Å². The number of nitrogens with zero attached hydrogens (tertiary/aromatic N) is 5. The molecule has 0 atom stereocenters. The molecule has 4 aromatic heterocycles. The van der Waals surface area contributed by atoms with Gasteiger partial charge >= 0.3 is 0 Å². The topological polar surface area (TPSA) is 48.5 Å². The van der Waals surface area contributed by atoms with E-state index in [1.54, 1.807) is 0 Å². The highest BCUT2D eigenvalue weighted by molar-refractivity contribution is 7.26. The largest absolute Gasteiger partial charge is 0.309 e. The second-order valence-corrected chi connectivity index (χ2v) is 19.4. The first-order valence-electron chi connectivity index (χ1n) is 24.0. The summed E-state index contributed by atoms with van der Waals surface area (Å²) < 4.78 is 7.32. The summed E-state index contributed by atoms with van der Waals surface area (Å²) in [6.45, 7) is 0. The van der Waals surface area contributed by atoms with Crippen molar-refractivity contribution in [2.75, 3.05) is 0 Å². The summed E-state index contributed by atoms with van der Waals surface area (Å²) in [5.74, 6) is 1.84. The van der Waals surface area contributed by atoms with E-state index in [2.05, 4.69) is 228 Å². The number of hydrogen-bond acceptors (Lipinski definition) is 4. The second kappa shape index (κ2) is 15.7. The minimum atomic E-state index is 0.604. The molecule has 0 aliphatic carbocycles. The van der Waals surface area contributed by atoms with Crippen molar-refractivity contribution in [3.63, 3.8) is 0 Å². The van der Waals surface area contributed by atoms with Crippen LogP contribution >= 0.6 is 11.3 Å². The van der Waals surface area contributed by atoms with Gasteiger partial charge in [-0.1, -0.05) is 158 Å². The Morgan fingerprint density at radius 1 is 0.296 bits per heavy atom. The number of para-hydroxylation sites is 3. The Kier molecular flexibility index (Phi) is 8.76. The van der Waals surface area contributed by atoms with Crippen molar-refractivity contribution in [1.82, 2.24) is 24.1 Å². The van der Waals surface area contributed by atoms with E-state index in [-0.39, 0.29) is 0 Å². The third-order valence-electron chi connectivity index (χ3n) is 14.3. The standard InChI is InChI=1S/C65H39N5S/c1-3-17-40(18-4-1)63-66-64(68-65(67-63)50-28-15-31-57-61(50)49-26-12-14-30-55(49)69(57)46-23-5-2-6-24-46)45-33-34-56(70-54-29-13-11-25-47(54)51-35-41-19-7-9-21-43(41)38-58(51)70)52(37-45)48-27-16-32-59-62(48)53-36-42-20-8-10-22-44(42)39-60(53)71-59/h1-39H. The van der Waals surface area contributed by atoms with Crippen LogP contribution in [0.1, 0.15) is 0 Å². The molecule has 6 heteroatoms. The summed E-state index contributed by atoms with van der Waals surface area (Å²) in [5, 5.41) is 12.1. The lowest BCUT2D eigenvalue weighted by molar-refractivity contribution is 1.07. The van der Waals surface area contributed by atoms with Gasteiger partial charge in [0, 0.05) is 69.7 Å². The first-order chi connectivity index (χ1) is 35.2. The highest BCUT2D eigenvalue weighted by Gasteiger charge is 2.23. The van der Waals surface area contributed by atoms with E-state index in [0.717, 1.165) is 72.0 Å². The van der Waals surface area contributed by atoms with Crippen molar-refractivity contribution in [2.24, 2.45) is 0 Å². The van der Waals surface area contributed by atoms with Gasteiger partial charge < -0.3 is 9.13 Å².